The van der Waals surface area contributed by atoms with Gasteiger partial charge in [0.15, 0.2) is 5.92 Å². The molecule has 4 heteroatoms. The van der Waals surface area contributed by atoms with Crippen molar-refractivity contribution in [1.82, 2.24) is 0 Å². The van der Waals surface area contributed by atoms with Crippen molar-refractivity contribution in [2.75, 3.05) is 0 Å². The molecule has 0 aromatic heterocycles. The second-order valence-corrected chi connectivity index (χ2v) is 4.67. The molecule has 0 saturated heterocycles. The van der Waals surface area contributed by atoms with Crippen molar-refractivity contribution in [1.29, 1.82) is 0 Å². The molecule has 4 nitrogen and oxygen atoms in total. The molecule has 0 aliphatic heterocycles. The van der Waals surface area contributed by atoms with Crippen LogP contribution in [-0.2, 0) is 19.1 Å². The molecular weight excluding hydrogens is 256 g/mol. The summed E-state index contributed by atoms with van der Waals surface area (Å²) in [5.41, 5.74) is 0. The number of carbonyl (C=O) groups excluding carboxylic acids is 2. The van der Waals surface area contributed by atoms with Crippen molar-refractivity contribution in [2.45, 2.75) is 58.3 Å². The second-order valence-electron chi connectivity index (χ2n) is 4.67. The second kappa shape index (κ2) is 12.5. The monoisotopic (exact) mass is 282 g/mol. The van der Waals surface area contributed by atoms with Crippen LogP contribution < -0.4 is 0 Å². The van der Waals surface area contributed by atoms with Gasteiger partial charge in [-0.2, -0.15) is 0 Å². The van der Waals surface area contributed by atoms with Gasteiger partial charge in [-0.3, -0.25) is 9.59 Å². The lowest BCUT2D eigenvalue weighted by atomic mass is 10.00. The van der Waals surface area contributed by atoms with Crippen molar-refractivity contribution in [3.8, 4) is 0 Å². The molecule has 0 N–H and O–H groups in total. The van der Waals surface area contributed by atoms with E-state index in [2.05, 4.69) is 29.6 Å². The van der Waals surface area contributed by atoms with Crippen LogP contribution in [0.4, 0.5) is 0 Å². The highest BCUT2D eigenvalue weighted by atomic mass is 16.5. The third-order valence-corrected chi connectivity index (χ3v) is 3.06. The molecule has 0 aliphatic rings. The Hall–Kier alpha value is -1.58. The molecule has 0 saturated carbocycles. The van der Waals surface area contributed by atoms with Crippen LogP contribution in [0.2, 0.25) is 0 Å². The van der Waals surface area contributed by atoms with Crippen LogP contribution in [0.3, 0.4) is 0 Å². The Morgan fingerprint density at radius 2 is 1.35 bits per heavy atom. The van der Waals surface area contributed by atoms with E-state index < -0.39 is 17.9 Å². The van der Waals surface area contributed by atoms with Gasteiger partial charge in [0.25, 0.3) is 0 Å². The van der Waals surface area contributed by atoms with Gasteiger partial charge in [-0.1, -0.05) is 65.0 Å². The van der Waals surface area contributed by atoms with Crippen LogP contribution in [0.1, 0.15) is 58.3 Å². The number of esters is 2. The number of hydrogen-bond donors (Lipinski definition) is 0. The van der Waals surface area contributed by atoms with Gasteiger partial charge in [-0.25, -0.2) is 0 Å². The van der Waals surface area contributed by atoms with Crippen LogP contribution in [-0.4, -0.2) is 11.9 Å². The minimum Gasteiger partial charge on any atom is -0.434 e. The molecule has 0 fully saturated rings. The fraction of sp³-hybridized carbons (Fsp3) is 0.625. The molecule has 0 aliphatic carbocycles. The Bertz CT molecular complexity index is 288. The van der Waals surface area contributed by atoms with Crippen LogP contribution in [0.5, 0.6) is 0 Å². The highest BCUT2D eigenvalue weighted by Crippen LogP contribution is 2.16. The Labute approximate surface area is 121 Å². The smallest absolute Gasteiger partial charge is 0.325 e. The summed E-state index contributed by atoms with van der Waals surface area (Å²) >= 11 is 0. The molecule has 0 amide bonds. The van der Waals surface area contributed by atoms with Crippen molar-refractivity contribution < 1.29 is 19.1 Å². The van der Waals surface area contributed by atoms with E-state index in [0.29, 0.717) is 6.42 Å². The standard InChI is InChI=1S/C16H26O4/c1-4-7-8-9-10-11-12-13-14(15(17)19-5-2)16(18)20-6-3/h5-6,14H,2-4,7-13H2,1H3. The van der Waals surface area contributed by atoms with Gasteiger partial charge < -0.3 is 9.47 Å². The Morgan fingerprint density at radius 3 is 1.80 bits per heavy atom. The third-order valence-electron chi connectivity index (χ3n) is 3.06. The van der Waals surface area contributed by atoms with Crippen LogP contribution in [0.15, 0.2) is 25.7 Å². The largest absolute Gasteiger partial charge is 0.434 e. The number of unbranched alkanes of at least 4 members (excludes halogenated alkanes) is 6. The first-order valence-corrected chi connectivity index (χ1v) is 7.30. The molecule has 20 heavy (non-hydrogen) atoms. The first kappa shape index (κ1) is 18.4. The molecular formula is C16H26O4. The number of hydrogen-bond acceptors (Lipinski definition) is 4. The Balaban J connectivity index is 4.03. The van der Waals surface area contributed by atoms with Gasteiger partial charge in [-0.05, 0) is 6.42 Å². The topological polar surface area (TPSA) is 52.6 Å². The lowest BCUT2D eigenvalue weighted by molar-refractivity contribution is -0.156. The van der Waals surface area contributed by atoms with E-state index in [1.54, 1.807) is 0 Å². The zero-order chi connectivity index (χ0) is 15.2. The summed E-state index contributed by atoms with van der Waals surface area (Å²) in [6, 6.07) is 0. The molecule has 114 valence electrons. The third kappa shape index (κ3) is 8.51. The highest BCUT2D eigenvalue weighted by molar-refractivity contribution is 5.95. The van der Waals surface area contributed by atoms with Crippen molar-refractivity contribution in [3.63, 3.8) is 0 Å². The summed E-state index contributed by atoms with van der Waals surface area (Å²) in [5, 5.41) is 0. The van der Waals surface area contributed by atoms with E-state index in [0.717, 1.165) is 31.8 Å². The van der Waals surface area contributed by atoms with Gasteiger partial charge in [-0.15, -0.1) is 0 Å². The van der Waals surface area contributed by atoms with Gasteiger partial charge in [0, 0.05) is 0 Å². The Morgan fingerprint density at radius 1 is 0.900 bits per heavy atom. The van der Waals surface area contributed by atoms with E-state index in [-0.39, 0.29) is 0 Å². The Kier molecular flexibility index (Phi) is 11.5. The molecule has 0 bridgehead atoms. The lowest BCUT2D eigenvalue weighted by Gasteiger charge is -2.12. The first-order valence-electron chi connectivity index (χ1n) is 7.30. The normalized spacial score (nSPS) is 10.1. The summed E-state index contributed by atoms with van der Waals surface area (Å²) in [7, 11) is 0. The van der Waals surface area contributed by atoms with E-state index >= 15 is 0 Å². The summed E-state index contributed by atoms with van der Waals surface area (Å²) < 4.78 is 9.34. The highest BCUT2D eigenvalue weighted by Gasteiger charge is 2.28. The van der Waals surface area contributed by atoms with Crippen LogP contribution in [0.25, 0.3) is 0 Å². The lowest BCUT2D eigenvalue weighted by Crippen LogP contribution is -2.25. The van der Waals surface area contributed by atoms with Crippen LogP contribution >= 0.6 is 0 Å². The molecule has 0 aromatic rings. The molecule has 0 atom stereocenters. The van der Waals surface area contributed by atoms with Gasteiger partial charge in [0.1, 0.15) is 0 Å². The summed E-state index contributed by atoms with van der Waals surface area (Å²) in [6.07, 6.45) is 10.4. The van der Waals surface area contributed by atoms with Gasteiger partial charge in [0.05, 0.1) is 12.5 Å². The van der Waals surface area contributed by atoms with E-state index in [1.165, 1.54) is 25.7 Å². The summed E-state index contributed by atoms with van der Waals surface area (Å²) in [5.74, 6) is -2.11. The molecule has 0 unspecified atom stereocenters. The van der Waals surface area contributed by atoms with Crippen molar-refractivity contribution in [2.24, 2.45) is 5.92 Å². The fourth-order valence-corrected chi connectivity index (χ4v) is 1.97. The maximum absolute atomic E-state index is 11.6. The predicted molar refractivity (Wildman–Crippen MR) is 78.7 cm³/mol. The average Bonchev–Trinajstić information content (AvgIpc) is 2.42. The van der Waals surface area contributed by atoms with Crippen LogP contribution in [0, 0.1) is 5.92 Å². The number of rotatable bonds is 12. The van der Waals surface area contributed by atoms with Crippen molar-refractivity contribution in [3.05, 3.63) is 25.7 Å². The zero-order valence-corrected chi connectivity index (χ0v) is 12.4. The molecule has 0 spiro atoms. The first-order chi connectivity index (χ1) is 9.67. The van der Waals surface area contributed by atoms with E-state index in [1.807, 2.05) is 0 Å². The minimum atomic E-state index is -0.887. The summed E-state index contributed by atoms with van der Waals surface area (Å²) in [6.45, 7) is 8.80. The maximum atomic E-state index is 11.6. The molecule has 0 aromatic carbocycles. The fourth-order valence-electron chi connectivity index (χ4n) is 1.97. The number of ether oxygens (including phenoxy) is 2. The quantitative estimate of drug-likeness (QED) is 0.234. The maximum Gasteiger partial charge on any atom is 0.325 e. The molecule has 0 radical (unpaired) electrons. The number of carbonyl (C=O) groups is 2. The van der Waals surface area contributed by atoms with Gasteiger partial charge >= 0.3 is 11.9 Å². The average molecular weight is 282 g/mol. The van der Waals surface area contributed by atoms with E-state index in [9.17, 15) is 9.59 Å². The van der Waals surface area contributed by atoms with Gasteiger partial charge in [0.2, 0.25) is 0 Å². The van der Waals surface area contributed by atoms with Crippen molar-refractivity contribution >= 4 is 11.9 Å². The zero-order valence-electron chi connectivity index (χ0n) is 12.4. The van der Waals surface area contributed by atoms with E-state index in [4.69, 9.17) is 0 Å². The molecule has 0 heterocycles. The predicted octanol–water partition coefficient (Wildman–Crippen LogP) is 4.12. The summed E-state index contributed by atoms with van der Waals surface area (Å²) in [4.78, 5) is 23.3. The minimum absolute atomic E-state index is 0.438. The SMILES string of the molecule is C=COC(=O)C(CCCCCCCCC)C(=O)OC=C. The molecule has 0 rings (SSSR count).